The van der Waals surface area contributed by atoms with Gasteiger partial charge in [0.1, 0.15) is 18.7 Å². The van der Waals surface area contributed by atoms with Gasteiger partial charge in [0.15, 0.2) is 0 Å². The molecule has 0 spiro atoms. The summed E-state index contributed by atoms with van der Waals surface area (Å²) in [5, 5.41) is 10.2. The molecule has 0 unspecified atom stereocenters. The minimum Gasteiger partial charge on any atom is -0.470 e. The predicted octanol–water partition coefficient (Wildman–Crippen LogP) is 1.98. The van der Waals surface area contributed by atoms with E-state index in [9.17, 15) is 4.79 Å². The normalized spacial score (nSPS) is 16.6. The maximum absolute atomic E-state index is 12.6. The van der Waals surface area contributed by atoms with Crippen LogP contribution in [0.5, 0.6) is 5.88 Å². The minimum absolute atomic E-state index is 0.0529. The summed E-state index contributed by atoms with van der Waals surface area (Å²) in [7, 11) is 0. The maximum atomic E-state index is 12.6. The van der Waals surface area contributed by atoms with Crippen LogP contribution in [0.1, 0.15) is 12.1 Å². The van der Waals surface area contributed by atoms with Crippen LogP contribution in [0.15, 0.2) is 48.9 Å². The number of carbonyl (C=O) groups is 1. The fourth-order valence-corrected chi connectivity index (χ4v) is 3.22. The van der Waals surface area contributed by atoms with Gasteiger partial charge in [-0.05, 0) is 17.5 Å². The van der Waals surface area contributed by atoms with Gasteiger partial charge in [0, 0.05) is 37.1 Å². The number of amides is 1. The van der Waals surface area contributed by atoms with Crippen LogP contribution >= 0.6 is 0 Å². The Balaban J connectivity index is 1.40. The monoisotopic (exact) mass is 347 g/mol. The number of nitrogens with zero attached hydrogens (tertiary/aromatic N) is 5. The molecule has 3 heterocycles. The van der Waals surface area contributed by atoms with Crippen molar-refractivity contribution in [1.82, 2.24) is 19.4 Å². The first-order valence-electron chi connectivity index (χ1n) is 8.44. The van der Waals surface area contributed by atoms with Crippen LogP contribution in [0.2, 0.25) is 0 Å². The largest absolute Gasteiger partial charge is 0.470 e. The van der Waals surface area contributed by atoms with E-state index in [0.717, 1.165) is 10.9 Å². The molecule has 0 bridgehead atoms. The fourth-order valence-electron chi connectivity index (χ4n) is 3.22. The Morgan fingerprint density at radius 2 is 2.12 bits per heavy atom. The number of para-hydroxylation sites is 1. The second-order valence-electron chi connectivity index (χ2n) is 6.19. The summed E-state index contributed by atoms with van der Waals surface area (Å²) in [5.74, 6) is 0.280. The summed E-state index contributed by atoms with van der Waals surface area (Å²) in [6.07, 6.45) is 5.41. The fraction of sp³-hybridized carbons (Fsp3) is 0.263. The topological polar surface area (TPSA) is 84.0 Å². The van der Waals surface area contributed by atoms with Crippen molar-refractivity contribution in [3.63, 3.8) is 0 Å². The van der Waals surface area contributed by atoms with Crippen LogP contribution in [0, 0.1) is 11.3 Å². The third kappa shape index (κ3) is 3.09. The first-order valence-corrected chi connectivity index (χ1v) is 8.44. The van der Waals surface area contributed by atoms with Crippen LogP contribution in [-0.2, 0) is 11.3 Å². The first kappa shape index (κ1) is 16.1. The lowest BCUT2D eigenvalue weighted by Crippen LogP contribution is -2.33. The van der Waals surface area contributed by atoms with Gasteiger partial charge in [0.25, 0.3) is 5.88 Å². The van der Waals surface area contributed by atoms with Crippen molar-refractivity contribution >= 4 is 16.8 Å². The maximum Gasteiger partial charge on any atom is 0.251 e. The summed E-state index contributed by atoms with van der Waals surface area (Å²) >= 11 is 0. The summed E-state index contributed by atoms with van der Waals surface area (Å²) < 4.78 is 7.75. The quantitative estimate of drug-likeness (QED) is 0.720. The zero-order valence-corrected chi connectivity index (χ0v) is 14.1. The van der Waals surface area contributed by atoms with Crippen LogP contribution in [0.3, 0.4) is 0 Å². The Labute approximate surface area is 150 Å². The molecule has 1 aliphatic rings. The standard InChI is InChI=1S/C19H17N5O2/c20-11-16-19(22-8-7-21-16)26-15-6-10-24(12-15)18(25)13-23-9-5-14-3-1-2-4-17(14)23/h1-5,7-9,15H,6,10,12-13H2/t15-/m0/s1. The van der Waals surface area contributed by atoms with Gasteiger partial charge in [-0.3, -0.25) is 4.79 Å². The van der Waals surface area contributed by atoms with Gasteiger partial charge in [0.2, 0.25) is 11.6 Å². The summed E-state index contributed by atoms with van der Waals surface area (Å²) in [5.41, 5.74) is 1.21. The van der Waals surface area contributed by atoms with Crippen LogP contribution in [0.4, 0.5) is 0 Å². The van der Waals surface area contributed by atoms with Crippen molar-refractivity contribution in [2.75, 3.05) is 13.1 Å². The van der Waals surface area contributed by atoms with Crippen molar-refractivity contribution in [3.05, 3.63) is 54.6 Å². The molecule has 1 amide bonds. The van der Waals surface area contributed by atoms with E-state index in [2.05, 4.69) is 9.97 Å². The molecule has 1 atom stereocenters. The second kappa shape index (κ2) is 6.84. The van der Waals surface area contributed by atoms with Crippen LogP contribution in [0.25, 0.3) is 10.9 Å². The van der Waals surface area contributed by atoms with E-state index >= 15 is 0 Å². The Morgan fingerprint density at radius 1 is 1.27 bits per heavy atom. The van der Waals surface area contributed by atoms with E-state index in [0.29, 0.717) is 26.1 Å². The molecule has 1 aliphatic heterocycles. The molecule has 0 N–H and O–H groups in total. The number of aromatic nitrogens is 3. The Bertz CT molecular complexity index is 991. The van der Waals surface area contributed by atoms with Gasteiger partial charge in [-0.1, -0.05) is 18.2 Å². The summed E-state index contributed by atoms with van der Waals surface area (Å²) in [6, 6.07) is 12.0. The molecule has 4 rings (SSSR count). The lowest BCUT2D eigenvalue weighted by molar-refractivity contribution is -0.131. The lowest BCUT2D eigenvalue weighted by Gasteiger charge is -2.17. The highest BCUT2D eigenvalue weighted by molar-refractivity contribution is 5.83. The molecule has 0 saturated carbocycles. The summed E-state index contributed by atoms with van der Waals surface area (Å²) in [4.78, 5) is 22.4. The molecule has 3 aromatic rings. The van der Waals surface area contributed by atoms with E-state index < -0.39 is 0 Å². The molecule has 1 fully saturated rings. The molecule has 7 nitrogen and oxygen atoms in total. The zero-order chi connectivity index (χ0) is 17.9. The van der Waals surface area contributed by atoms with Gasteiger partial charge in [-0.25, -0.2) is 9.97 Å². The van der Waals surface area contributed by atoms with E-state index in [1.165, 1.54) is 12.4 Å². The number of carbonyl (C=O) groups excluding carboxylic acids is 1. The molecular weight excluding hydrogens is 330 g/mol. The van der Waals surface area contributed by atoms with E-state index in [1.54, 1.807) is 4.90 Å². The van der Waals surface area contributed by atoms with E-state index in [1.807, 2.05) is 47.2 Å². The molecule has 7 heteroatoms. The molecule has 26 heavy (non-hydrogen) atoms. The average Bonchev–Trinajstić information content (AvgIpc) is 3.30. The smallest absolute Gasteiger partial charge is 0.251 e. The molecule has 1 aromatic carbocycles. The van der Waals surface area contributed by atoms with Crippen molar-refractivity contribution in [1.29, 1.82) is 5.26 Å². The van der Waals surface area contributed by atoms with Crippen LogP contribution in [-0.4, -0.2) is 44.5 Å². The number of benzene rings is 1. The first-order chi connectivity index (χ1) is 12.7. The zero-order valence-electron chi connectivity index (χ0n) is 14.1. The van der Waals surface area contributed by atoms with E-state index in [4.69, 9.17) is 10.00 Å². The van der Waals surface area contributed by atoms with Crippen molar-refractivity contribution in [2.45, 2.75) is 19.1 Å². The number of rotatable bonds is 4. The van der Waals surface area contributed by atoms with Gasteiger partial charge >= 0.3 is 0 Å². The third-order valence-corrected chi connectivity index (χ3v) is 4.53. The number of hydrogen-bond donors (Lipinski definition) is 0. The van der Waals surface area contributed by atoms with Crippen molar-refractivity contribution in [2.24, 2.45) is 0 Å². The minimum atomic E-state index is -0.177. The predicted molar refractivity (Wildman–Crippen MR) is 94.3 cm³/mol. The summed E-state index contributed by atoms with van der Waals surface area (Å²) in [6.45, 7) is 1.42. The van der Waals surface area contributed by atoms with E-state index in [-0.39, 0.29) is 23.6 Å². The Hall–Kier alpha value is -3.40. The Kier molecular flexibility index (Phi) is 4.23. The highest BCUT2D eigenvalue weighted by atomic mass is 16.5. The number of hydrogen-bond acceptors (Lipinski definition) is 5. The number of likely N-dealkylation sites (tertiary alicyclic amines) is 1. The van der Waals surface area contributed by atoms with Crippen molar-refractivity contribution in [3.8, 4) is 11.9 Å². The number of fused-ring (bicyclic) bond motifs is 1. The van der Waals surface area contributed by atoms with Gasteiger partial charge in [-0.15, -0.1) is 0 Å². The highest BCUT2D eigenvalue weighted by Gasteiger charge is 2.28. The average molecular weight is 347 g/mol. The molecule has 0 radical (unpaired) electrons. The van der Waals surface area contributed by atoms with Crippen LogP contribution < -0.4 is 4.74 Å². The van der Waals surface area contributed by atoms with Gasteiger partial charge < -0.3 is 14.2 Å². The number of ether oxygens (including phenoxy) is 1. The van der Waals surface area contributed by atoms with Crippen molar-refractivity contribution < 1.29 is 9.53 Å². The molecular formula is C19H17N5O2. The SMILES string of the molecule is N#Cc1nccnc1O[C@H]1CCN(C(=O)Cn2ccc3ccccc32)C1. The molecule has 0 aliphatic carbocycles. The molecule has 2 aromatic heterocycles. The second-order valence-corrected chi connectivity index (χ2v) is 6.19. The van der Waals surface area contributed by atoms with Gasteiger partial charge in [-0.2, -0.15) is 5.26 Å². The molecule has 1 saturated heterocycles. The molecule has 130 valence electrons. The number of nitriles is 1. The highest BCUT2D eigenvalue weighted by Crippen LogP contribution is 2.20. The lowest BCUT2D eigenvalue weighted by atomic mass is 10.2. The van der Waals surface area contributed by atoms with Gasteiger partial charge in [0.05, 0.1) is 6.54 Å². The Morgan fingerprint density at radius 3 is 3.00 bits per heavy atom. The third-order valence-electron chi connectivity index (χ3n) is 4.53.